The number of benzene rings is 2. The molecule has 2 heterocycles. The summed E-state index contributed by atoms with van der Waals surface area (Å²) in [6.07, 6.45) is 1.79. The van der Waals surface area contributed by atoms with Gasteiger partial charge in [-0.15, -0.1) is 5.10 Å². The van der Waals surface area contributed by atoms with Crippen LogP contribution in [0.4, 0.5) is 4.79 Å². The second-order valence-electron chi connectivity index (χ2n) is 8.63. The van der Waals surface area contributed by atoms with Crippen LogP contribution in [0.1, 0.15) is 35.6 Å². The Morgan fingerprint density at radius 3 is 2.63 bits per heavy atom. The maximum atomic E-state index is 13.2. The number of esters is 1. The van der Waals surface area contributed by atoms with E-state index in [9.17, 15) is 9.59 Å². The second kappa shape index (κ2) is 9.53. The summed E-state index contributed by atoms with van der Waals surface area (Å²) in [6, 6.07) is 14.7. The van der Waals surface area contributed by atoms with Gasteiger partial charge in [0.2, 0.25) is 5.16 Å². The minimum absolute atomic E-state index is 0.0667. The molecule has 0 radical (unpaired) electrons. The molecule has 2 aliphatic rings. The van der Waals surface area contributed by atoms with Crippen LogP contribution in [0, 0.1) is 13.8 Å². The molecule has 1 saturated carbocycles. The molecule has 35 heavy (non-hydrogen) atoms. The Hall–Kier alpha value is -3.66. The standard InChI is InChI=1S/C25H26N6O3S/c1-15-8-7-11-19(16(15)2)31-25(27-28-29-31)35-14-20-21(23(32)34-3)22(17-9-5-4-6-10-17)26-24(33)30(20)18-12-13-18/h4-11,18,22H,12-14H2,1-3H3,(H,26,33). The zero-order valence-corrected chi connectivity index (χ0v) is 20.6. The third-order valence-corrected chi connectivity index (χ3v) is 7.34. The lowest BCUT2D eigenvalue weighted by Crippen LogP contribution is -2.50. The lowest BCUT2D eigenvalue weighted by Gasteiger charge is -2.36. The highest BCUT2D eigenvalue weighted by molar-refractivity contribution is 7.99. The number of carbonyl (C=O) groups is 2. The Balaban J connectivity index is 1.55. The molecular weight excluding hydrogens is 464 g/mol. The van der Waals surface area contributed by atoms with Gasteiger partial charge in [0.15, 0.2) is 0 Å². The molecule has 10 heteroatoms. The van der Waals surface area contributed by atoms with Crippen LogP contribution in [-0.4, -0.2) is 56.0 Å². The number of rotatable bonds is 7. The van der Waals surface area contributed by atoms with E-state index >= 15 is 0 Å². The molecule has 0 bridgehead atoms. The van der Waals surface area contributed by atoms with Crippen LogP contribution in [0.15, 0.2) is 65.0 Å². The summed E-state index contributed by atoms with van der Waals surface area (Å²) in [5.41, 5.74) is 5.00. The van der Waals surface area contributed by atoms with Crippen molar-refractivity contribution in [1.82, 2.24) is 30.4 Å². The van der Waals surface area contributed by atoms with Crippen molar-refractivity contribution >= 4 is 23.8 Å². The number of hydrogen-bond acceptors (Lipinski definition) is 7. The molecule has 9 nitrogen and oxygen atoms in total. The Bertz CT molecular complexity index is 1300. The first-order valence-electron chi connectivity index (χ1n) is 11.4. The summed E-state index contributed by atoms with van der Waals surface area (Å²) in [7, 11) is 1.36. The summed E-state index contributed by atoms with van der Waals surface area (Å²) >= 11 is 1.39. The van der Waals surface area contributed by atoms with E-state index in [0.29, 0.717) is 22.2 Å². The van der Waals surface area contributed by atoms with E-state index in [1.165, 1.54) is 18.9 Å². The molecule has 1 unspecified atom stereocenters. The lowest BCUT2D eigenvalue weighted by atomic mass is 9.95. The van der Waals surface area contributed by atoms with Gasteiger partial charge in [-0.05, 0) is 59.9 Å². The number of carbonyl (C=O) groups excluding carboxylic acids is 2. The minimum Gasteiger partial charge on any atom is -0.466 e. The molecule has 180 valence electrons. The van der Waals surface area contributed by atoms with Crippen molar-refractivity contribution in [3.05, 3.63) is 76.5 Å². The van der Waals surface area contributed by atoms with E-state index in [1.54, 1.807) is 9.58 Å². The number of nitrogens with zero attached hydrogens (tertiary/aromatic N) is 5. The number of ether oxygens (including phenoxy) is 1. The van der Waals surface area contributed by atoms with Crippen LogP contribution in [-0.2, 0) is 9.53 Å². The molecular formula is C25H26N6O3S. The van der Waals surface area contributed by atoms with E-state index in [2.05, 4.69) is 20.8 Å². The normalized spacial score (nSPS) is 18.0. The Kier molecular flexibility index (Phi) is 6.29. The summed E-state index contributed by atoms with van der Waals surface area (Å²) in [6.45, 7) is 4.07. The fraction of sp³-hybridized carbons (Fsp3) is 0.320. The Labute approximate surface area is 207 Å². The third-order valence-electron chi connectivity index (χ3n) is 6.41. The molecule has 0 saturated heterocycles. The highest BCUT2D eigenvalue weighted by atomic mass is 32.2. The molecule has 5 rings (SSSR count). The number of amides is 2. The molecule has 1 fully saturated rings. The van der Waals surface area contributed by atoms with E-state index < -0.39 is 12.0 Å². The van der Waals surface area contributed by atoms with Crippen molar-refractivity contribution in [1.29, 1.82) is 0 Å². The fourth-order valence-electron chi connectivity index (χ4n) is 4.31. The van der Waals surface area contributed by atoms with Crippen LogP contribution < -0.4 is 5.32 Å². The van der Waals surface area contributed by atoms with Crippen LogP contribution in [0.25, 0.3) is 5.69 Å². The monoisotopic (exact) mass is 490 g/mol. The summed E-state index contributed by atoms with van der Waals surface area (Å²) in [5.74, 6) is -0.127. The SMILES string of the molecule is COC(=O)C1=C(CSc2nnnn2-c2cccc(C)c2C)N(C2CC2)C(=O)NC1c1ccccc1. The molecule has 1 aliphatic heterocycles. The number of thioether (sulfide) groups is 1. The van der Waals surface area contributed by atoms with E-state index in [4.69, 9.17) is 4.74 Å². The van der Waals surface area contributed by atoms with Gasteiger partial charge in [-0.25, -0.2) is 9.59 Å². The zero-order valence-electron chi connectivity index (χ0n) is 19.8. The first-order chi connectivity index (χ1) is 17.0. The van der Waals surface area contributed by atoms with Gasteiger partial charge in [-0.3, -0.25) is 4.90 Å². The van der Waals surface area contributed by atoms with Crippen LogP contribution >= 0.6 is 11.8 Å². The first-order valence-corrected chi connectivity index (χ1v) is 12.4. The number of aromatic nitrogens is 4. The van der Waals surface area contributed by atoms with Crippen LogP contribution in [0.3, 0.4) is 0 Å². The quantitative estimate of drug-likeness (QED) is 0.398. The maximum absolute atomic E-state index is 13.2. The number of methoxy groups -OCH3 is 1. The van der Waals surface area contributed by atoms with E-state index in [-0.39, 0.29) is 12.1 Å². The zero-order chi connectivity index (χ0) is 24.5. The fourth-order valence-corrected chi connectivity index (χ4v) is 5.22. The van der Waals surface area contributed by atoms with Crippen molar-refractivity contribution in [3.8, 4) is 5.69 Å². The van der Waals surface area contributed by atoms with Gasteiger partial charge in [0.25, 0.3) is 0 Å². The number of nitrogens with one attached hydrogen (secondary N) is 1. The summed E-state index contributed by atoms with van der Waals surface area (Å²) < 4.78 is 6.88. The molecule has 2 aromatic carbocycles. The Morgan fingerprint density at radius 2 is 1.91 bits per heavy atom. The second-order valence-corrected chi connectivity index (χ2v) is 9.57. The van der Waals surface area contributed by atoms with Gasteiger partial charge in [0, 0.05) is 17.5 Å². The number of aryl methyl sites for hydroxylation is 1. The van der Waals surface area contributed by atoms with Gasteiger partial charge >= 0.3 is 12.0 Å². The molecule has 1 N–H and O–H groups in total. The average molecular weight is 491 g/mol. The van der Waals surface area contributed by atoms with Crippen molar-refractivity contribution in [2.75, 3.05) is 12.9 Å². The molecule has 1 aliphatic carbocycles. The van der Waals surface area contributed by atoms with Gasteiger partial charge < -0.3 is 10.1 Å². The van der Waals surface area contributed by atoms with E-state index in [1.807, 2.05) is 62.4 Å². The lowest BCUT2D eigenvalue weighted by molar-refractivity contribution is -0.136. The molecule has 0 spiro atoms. The van der Waals surface area contributed by atoms with Crippen LogP contribution in [0.5, 0.6) is 0 Å². The van der Waals surface area contributed by atoms with Crippen LogP contribution in [0.2, 0.25) is 0 Å². The number of hydrogen-bond donors (Lipinski definition) is 1. The molecule has 2 amide bonds. The molecule has 1 aromatic heterocycles. The summed E-state index contributed by atoms with van der Waals surface area (Å²) in [4.78, 5) is 28.0. The average Bonchev–Trinajstić information content (AvgIpc) is 3.60. The van der Waals surface area contributed by atoms with Gasteiger partial charge in [-0.2, -0.15) is 4.68 Å². The first kappa shape index (κ1) is 23.1. The summed E-state index contributed by atoms with van der Waals surface area (Å²) in [5, 5.41) is 15.9. The predicted molar refractivity (Wildman–Crippen MR) is 131 cm³/mol. The van der Waals surface area contributed by atoms with Crippen molar-refractivity contribution < 1.29 is 14.3 Å². The maximum Gasteiger partial charge on any atom is 0.338 e. The highest BCUT2D eigenvalue weighted by Crippen LogP contribution is 2.40. The molecule has 1 atom stereocenters. The van der Waals surface area contributed by atoms with Crippen molar-refractivity contribution in [2.24, 2.45) is 0 Å². The topological polar surface area (TPSA) is 102 Å². The predicted octanol–water partition coefficient (Wildman–Crippen LogP) is 3.73. The van der Waals surface area contributed by atoms with Crippen molar-refractivity contribution in [3.63, 3.8) is 0 Å². The van der Waals surface area contributed by atoms with Gasteiger partial charge in [0.05, 0.1) is 24.4 Å². The number of urea groups is 1. The van der Waals surface area contributed by atoms with Gasteiger partial charge in [-0.1, -0.05) is 54.2 Å². The Morgan fingerprint density at radius 1 is 1.14 bits per heavy atom. The number of tetrazole rings is 1. The largest absolute Gasteiger partial charge is 0.466 e. The third kappa shape index (κ3) is 4.41. The van der Waals surface area contributed by atoms with E-state index in [0.717, 1.165) is 35.2 Å². The van der Waals surface area contributed by atoms with Gasteiger partial charge in [0.1, 0.15) is 0 Å². The smallest absolute Gasteiger partial charge is 0.338 e. The van der Waals surface area contributed by atoms with Crippen molar-refractivity contribution in [2.45, 2.75) is 43.9 Å². The minimum atomic E-state index is -0.600. The highest BCUT2D eigenvalue weighted by Gasteiger charge is 2.44. The molecule has 3 aromatic rings.